The molecule has 9 nitrogen and oxygen atoms in total. The molecule has 0 aromatic carbocycles. The number of fused-ring (bicyclic) bond motifs is 1. The maximum Gasteiger partial charge on any atom is 0.490 e. The molecular weight excluding hydrogens is 526 g/mol. The first-order valence-corrected chi connectivity index (χ1v) is 11.6. The van der Waals surface area contributed by atoms with Crippen LogP contribution in [0.1, 0.15) is 55.7 Å². The second-order valence-corrected chi connectivity index (χ2v) is 8.57. The lowest BCUT2D eigenvalue weighted by Crippen LogP contribution is -2.43. The van der Waals surface area contributed by atoms with Gasteiger partial charge in [-0.2, -0.15) is 26.3 Å². The molecular formula is C23H28F6N4O5. The fourth-order valence-corrected chi connectivity index (χ4v) is 4.18. The van der Waals surface area contributed by atoms with Crippen LogP contribution in [0.25, 0.3) is 0 Å². The summed E-state index contributed by atoms with van der Waals surface area (Å²) in [6.45, 7) is 5.67. The van der Waals surface area contributed by atoms with Gasteiger partial charge in [0.1, 0.15) is 5.82 Å². The molecule has 0 amide bonds. The SMILES string of the molecule is CC1c2ncc(COCc3cccnc3)n2CCN1C1CCCC1.O=C(O)C(F)(F)F.O=C(O)C(F)(F)F. The summed E-state index contributed by atoms with van der Waals surface area (Å²) >= 11 is 0. The van der Waals surface area contributed by atoms with Crippen LogP contribution in [0.3, 0.4) is 0 Å². The van der Waals surface area contributed by atoms with E-state index in [9.17, 15) is 26.3 Å². The zero-order valence-corrected chi connectivity index (χ0v) is 20.4. The predicted molar refractivity (Wildman–Crippen MR) is 120 cm³/mol. The van der Waals surface area contributed by atoms with E-state index in [-0.39, 0.29) is 0 Å². The van der Waals surface area contributed by atoms with Crippen molar-refractivity contribution in [3.05, 3.63) is 47.8 Å². The zero-order chi connectivity index (χ0) is 28.5. The molecule has 1 atom stereocenters. The molecule has 0 spiro atoms. The van der Waals surface area contributed by atoms with Gasteiger partial charge in [-0.3, -0.25) is 9.88 Å². The maximum absolute atomic E-state index is 10.6. The standard InChI is InChI=1S/C19H26N4O.2C2HF3O2/c1-15-19-21-12-18(14-24-13-16-5-4-8-20-11-16)23(19)10-9-22(15)17-6-2-3-7-17;2*3-2(4,5)1(6)7/h4-5,8,11-12,15,17H,2-3,6-7,9-10,13-14H2,1H3;2*(H,6,7). The van der Waals surface area contributed by atoms with Gasteiger partial charge >= 0.3 is 24.3 Å². The minimum atomic E-state index is -5.08. The number of rotatable bonds is 5. The molecule has 15 heteroatoms. The zero-order valence-electron chi connectivity index (χ0n) is 20.4. The van der Waals surface area contributed by atoms with E-state index >= 15 is 0 Å². The van der Waals surface area contributed by atoms with Gasteiger partial charge in [-0.15, -0.1) is 0 Å². The van der Waals surface area contributed by atoms with Gasteiger partial charge in [-0.1, -0.05) is 18.9 Å². The molecule has 2 aliphatic rings. The highest BCUT2D eigenvalue weighted by Gasteiger charge is 2.39. The Morgan fingerprint density at radius 1 is 1.00 bits per heavy atom. The summed E-state index contributed by atoms with van der Waals surface area (Å²) in [6, 6.07) is 5.16. The summed E-state index contributed by atoms with van der Waals surface area (Å²) in [7, 11) is 0. The van der Waals surface area contributed by atoms with Gasteiger partial charge in [0.2, 0.25) is 0 Å². The first-order chi connectivity index (χ1) is 17.7. The summed E-state index contributed by atoms with van der Waals surface area (Å²) < 4.78 is 71.7. The van der Waals surface area contributed by atoms with Crippen LogP contribution in [0, 0.1) is 0 Å². The third-order valence-electron chi connectivity index (χ3n) is 5.94. The Kier molecular flexibility index (Phi) is 11.1. The monoisotopic (exact) mass is 554 g/mol. The molecule has 1 unspecified atom stereocenters. The lowest BCUT2D eigenvalue weighted by molar-refractivity contribution is -0.193. The highest BCUT2D eigenvalue weighted by Crippen LogP contribution is 2.33. The van der Waals surface area contributed by atoms with Crippen LogP contribution in [-0.4, -0.2) is 66.5 Å². The van der Waals surface area contributed by atoms with E-state index in [1.807, 2.05) is 24.5 Å². The average Bonchev–Trinajstić information content (AvgIpc) is 3.51. The molecule has 2 aromatic heterocycles. The Balaban J connectivity index is 0.000000301. The van der Waals surface area contributed by atoms with Crippen molar-refractivity contribution in [1.29, 1.82) is 0 Å². The number of alkyl halides is 6. The summed E-state index contributed by atoms with van der Waals surface area (Å²) in [5, 5.41) is 14.2. The van der Waals surface area contributed by atoms with E-state index in [0.29, 0.717) is 19.3 Å². The van der Waals surface area contributed by atoms with Crippen LogP contribution in [0.2, 0.25) is 0 Å². The maximum atomic E-state index is 10.6. The van der Waals surface area contributed by atoms with Crippen LogP contribution >= 0.6 is 0 Å². The molecule has 3 heterocycles. The van der Waals surface area contributed by atoms with Gasteiger partial charge in [-0.25, -0.2) is 14.6 Å². The largest absolute Gasteiger partial charge is 0.490 e. The van der Waals surface area contributed by atoms with Crippen molar-refractivity contribution >= 4 is 11.9 Å². The number of hydrogen-bond donors (Lipinski definition) is 2. The molecule has 0 bridgehead atoms. The number of carboxylic acids is 2. The number of nitrogens with zero attached hydrogens (tertiary/aromatic N) is 4. The van der Waals surface area contributed by atoms with E-state index in [4.69, 9.17) is 29.5 Å². The highest BCUT2D eigenvalue weighted by atomic mass is 19.4. The third-order valence-corrected chi connectivity index (χ3v) is 5.94. The molecule has 38 heavy (non-hydrogen) atoms. The van der Waals surface area contributed by atoms with Crippen molar-refractivity contribution in [2.75, 3.05) is 6.54 Å². The van der Waals surface area contributed by atoms with Crippen molar-refractivity contribution in [3.8, 4) is 0 Å². The number of imidazole rings is 1. The van der Waals surface area contributed by atoms with Crippen molar-refractivity contribution in [3.63, 3.8) is 0 Å². The molecule has 2 N–H and O–H groups in total. The van der Waals surface area contributed by atoms with E-state index in [2.05, 4.69) is 21.4 Å². The molecule has 0 radical (unpaired) electrons. The topological polar surface area (TPSA) is 118 Å². The van der Waals surface area contributed by atoms with Crippen molar-refractivity contribution < 1.29 is 50.9 Å². The molecule has 4 rings (SSSR count). The van der Waals surface area contributed by atoms with Crippen LogP contribution in [-0.2, 0) is 34.1 Å². The Bertz CT molecular complexity index is 1020. The molecule has 1 aliphatic carbocycles. The molecule has 1 aliphatic heterocycles. The van der Waals surface area contributed by atoms with Crippen LogP contribution in [0.4, 0.5) is 26.3 Å². The van der Waals surface area contributed by atoms with Gasteiger partial charge in [0.25, 0.3) is 0 Å². The Morgan fingerprint density at radius 2 is 1.58 bits per heavy atom. The molecule has 212 valence electrons. The number of aromatic nitrogens is 3. The lowest BCUT2D eigenvalue weighted by Gasteiger charge is -2.38. The van der Waals surface area contributed by atoms with Gasteiger partial charge in [-0.05, 0) is 31.4 Å². The van der Waals surface area contributed by atoms with E-state index in [1.54, 1.807) is 6.20 Å². The first kappa shape index (κ1) is 31.0. The predicted octanol–water partition coefficient (Wildman–Crippen LogP) is 4.58. The average molecular weight is 554 g/mol. The van der Waals surface area contributed by atoms with Gasteiger partial charge in [0, 0.05) is 31.5 Å². The van der Waals surface area contributed by atoms with Crippen LogP contribution < -0.4 is 0 Å². The third kappa shape index (κ3) is 9.28. The summed E-state index contributed by atoms with van der Waals surface area (Å²) in [6.07, 6.45) is 0.943. The summed E-state index contributed by atoms with van der Waals surface area (Å²) in [5.41, 5.74) is 2.29. The fraction of sp³-hybridized carbons (Fsp3) is 0.565. The summed E-state index contributed by atoms with van der Waals surface area (Å²) in [4.78, 5) is 29.3. The van der Waals surface area contributed by atoms with Crippen molar-refractivity contribution in [1.82, 2.24) is 19.4 Å². The van der Waals surface area contributed by atoms with Gasteiger partial charge < -0.3 is 19.5 Å². The Morgan fingerprint density at radius 3 is 2.08 bits per heavy atom. The number of ether oxygens (including phenoxy) is 1. The molecule has 0 saturated heterocycles. The van der Waals surface area contributed by atoms with Crippen molar-refractivity contribution in [2.24, 2.45) is 0 Å². The van der Waals surface area contributed by atoms with E-state index in [0.717, 1.165) is 24.7 Å². The minimum Gasteiger partial charge on any atom is -0.475 e. The fourth-order valence-electron chi connectivity index (χ4n) is 4.18. The first-order valence-electron chi connectivity index (χ1n) is 11.6. The normalized spacial score (nSPS) is 18.0. The molecule has 1 fully saturated rings. The van der Waals surface area contributed by atoms with Gasteiger partial charge in [0.05, 0.1) is 31.1 Å². The second kappa shape index (κ2) is 13.6. The quantitative estimate of drug-likeness (QED) is 0.516. The number of carbonyl (C=O) groups is 2. The highest BCUT2D eigenvalue weighted by molar-refractivity contribution is 5.73. The van der Waals surface area contributed by atoms with E-state index < -0.39 is 24.3 Å². The second-order valence-electron chi connectivity index (χ2n) is 8.57. The van der Waals surface area contributed by atoms with E-state index in [1.165, 1.54) is 37.2 Å². The summed E-state index contributed by atoms with van der Waals surface area (Å²) in [5.74, 6) is -4.31. The Labute approximate surface area is 214 Å². The number of carboxylic acid groups (broad SMARTS) is 2. The van der Waals surface area contributed by atoms with Gasteiger partial charge in [0.15, 0.2) is 0 Å². The smallest absolute Gasteiger partial charge is 0.475 e. The number of hydrogen-bond acceptors (Lipinski definition) is 6. The minimum absolute atomic E-state index is 0.411. The molecule has 1 saturated carbocycles. The molecule has 2 aromatic rings. The van der Waals surface area contributed by atoms with Crippen LogP contribution in [0.5, 0.6) is 0 Å². The van der Waals surface area contributed by atoms with Crippen LogP contribution in [0.15, 0.2) is 30.7 Å². The number of aliphatic carboxylic acids is 2. The van der Waals surface area contributed by atoms with Crippen molar-refractivity contribution in [2.45, 2.75) is 76.8 Å². The number of pyridine rings is 1. The Hall–Kier alpha value is -3.20. The number of halogens is 6. The lowest BCUT2D eigenvalue weighted by atomic mass is 10.1.